The monoisotopic (exact) mass is 256 g/mol. The van der Waals surface area contributed by atoms with Gasteiger partial charge in [0.1, 0.15) is 0 Å². The van der Waals surface area contributed by atoms with E-state index in [1.807, 2.05) is 0 Å². The van der Waals surface area contributed by atoms with Crippen LogP contribution < -0.4 is 10.5 Å². The third-order valence-electron chi connectivity index (χ3n) is 2.96. The summed E-state index contributed by atoms with van der Waals surface area (Å²) >= 11 is 5.85. The van der Waals surface area contributed by atoms with Gasteiger partial charge in [-0.05, 0) is 25.0 Å². The molecule has 0 saturated heterocycles. The average Bonchev–Trinajstić information content (AvgIpc) is 2.96. The molecule has 0 bridgehead atoms. The topological polar surface area (TPSA) is 59.1 Å². The van der Waals surface area contributed by atoms with E-state index in [2.05, 4.69) is 0 Å². The van der Waals surface area contributed by atoms with Gasteiger partial charge in [-0.2, -0.15) is 0 Å². The van der Waals surface area contributed by atoms with Crippen LogP contribution in [-0.4, -0.2) is 12.4 Å². The van der Waals surface area contributed by atoms with Crippen molar-refractivity contribution in [2.24, 2.45) is 11.1 Å². The van der Waals surface area contributed by atoms with Gasteiger partial charge >= 0.3 is 0 Å². The number of nitrogens with two attached hydrogens (primary N) is 1. The normalized spacial score (nSPS) is 16.6. The zero-order valence-electron chi connectivity index (χ0n) is 9.30. The molecule has 0 heterocycles. The van der Waals surface area contributed by atoms with Crippen molar-refractivity contribution in [2.45, 2.75) is 19.3 Å². The minimum Gasteiger partial charge on any atom is -0.488 e. The van der Waals surface area contributed by atoms with Crippen molar-refractivity contribution < 1.29 is 9.13 Å². The molecule has 0 amide bonds. The predicted molar refractivity (Wildman–Crippen MR) is 65.1 cm³/mol. The lowest BCUT2D eigenvalue weighted by Crippen LogP contribution is -2.22. The van der Waals surface area contributed by atoms with Crippen molar-refractivity contribution in [1.82, 2.24) is 0 Å². The Bertz CT molecular complexity index is 426. The van der Waals surface area contributed by atoms with Crippen LogP contribution in [0.1, 0.15) is 19.3 Å². The zero-order chi connectivity index (χ0) is 12.5. The summed E-state index contributed by atoms with van der Waals surface area (Å²) < 4.78 is 18.9. The molecule has 1 aromatic rings. The summed E-state index contributed by atoms with van der Waals surface area (Å²) in [6.45, 7) is 0.354. The second-order valence-electron chi connectivity index (χ2n) is 4.54. The molecule has 0 spiro atoms. The van der Waals surface area contributed by atoms with Gasteiger partial charge in [0, 0.05) is 11.8 Å². The van der Waals surface area contributed by atoms with Crippen LogP contribution in [0, 0.1) is 16.6 Å². The molecule has 17 heavy (non-hydrogen) atoms. The molecular weight excluding hydrogens is 243 g/mol. The predicted octanol–water partition coefficient (Wildman–Crippen LogP) is 2.96. The van der Waals surface area contributed by atoms with Crippen LogP contribution in [0.5, 0.6) is 5.75 Å². The van der Waals surface area contributed by atoms with Crippen LogP contribution >= 0.6 is 11.6 Å². The van der Waals surface area contributed by atoms with Crippen molar-refractivity contribution in [3.05, 3.63) is 29.0 Å². The van der Waals surface area contributed by atoms with E-state index in [1.54, 1.807) is 6.07 Å². The quantitative estimate of drug-likeness (QED) is 0.629. The number of nitrogens with one attached hydrogen (secondary N) is 1. The van der Waals surface area contributed by atoms with Gasteiger partial charge in [-0.1, -0.05) is 17.7 Å². The Morgan fingerprint density at radius 1 is 1.53 bits per heavy atom. The highest BCUT2D eigenvalue weighted by molar-refractivity contribution is 6.32. The zero-order valence-corrected chi connectivity index (χ0v) is 10.1. The fraction of sp³-hybridized carbons (Fsp3) is 0.417. The van der Waals surface area contributed by atoms with Crippen LogP contribution in [0.25, 0.3) is 0 Å². The second-order valence-corrected chi connectivity index (χ2v) is 4.95. The molecule has 0 radical (unpaired) electrons. The molecular formula is C12H14ClFN2O. The maximum atomic E-state index is 13.4. The molecule has 2 rings (SSSR count). The summed E-state index contributed by atoms with van der Waals surface area (Å²) in [5.74, 6) is -0.231. The minimum atomic E-state index is -0.462. The van der Waals surface area contributed by atoms with E-state index in [0.717, 1.165) is 12.8 Å². The van der Waals surface area contributed by atoms with Crippen molar-refractivity contribution in [1.29, 1.82) is 5.41 Å². The Hall–Kier alpha value is -1.29. The van der Waals surface area contributed by atoms with Crippen LogP contribution in [0.3, 0.4) is 0 Å². The van der Waals surface area contributed by atoms with Gasteiger partial charge in [-0.3, -0.25) is 5.41 Å². The number of amidine groups is 1. The van der Waals surface area contributed by atoms with Crippen molar-refractivity contribution in [3.63, 3.8) is 0 Å². The molecule has 1 aliphatic carbocycles. The molecule has 0 aliphatic heterocycles. The maximum Gasteiger partial charge on any atom is 0.173 e. The number of hydrogen-bond acceptors (Lipinski definition) is 2. The van der Waals surface area contributed by atoms with Crippen LogP contribution in [-0.2, 0) is 0 Å². The first-order valence-electron chi connectivity index (χ1n) is 5.42. The lowest BCUT2D eigenvalue weighted by Gasteiger charge is -2.16. The molecule has 5 heteroatoms. The molecule has 3 nitrogen and oxygen atoms in total. The molecule has 3 N–H and O–H groups in total. The highest BCUT2D eigenvalue weighted by atomic mass is 35.5. The Balaban J connectivity index is 2.01. The largest absolute Gasteiger partial charge is 0.488 e. The number of para-hydroxylation sites is 1. The number of benzene rings is 1. The molecule has 1 aromatic carbocycles. The second kappa shape index (κ2) is 4.53. The van der Waals surface area contributed by atoms with Crippen LogP contribution in [0.15, 0.2) is 18.2 Å². The molecule has 0 unspecified atom stereocenters. The van der Waals surface area contributed by atoms with Crippen LogP contribution in [0.2, 0.25) is 5.02 Å². The Labute approximate surface area is 104 Å². The Morgan fingerprint density at radius 2 is 2.24 bits per heavy atom. The highest BCUT2D eigenvalue weighted by Gasteiger charge is 2.44. The van der Waals surface area contributed by atoms with Crippen molar-refractivity contribution >= 4 is 17.4 Å². The van der Waals surface area contributed by atoms with Gasteiger partial charge < -0.3 is 10.5 Å². The fourth-order valence-electron chi connectivity index (χ4n) is 1.80. The number of halogens is 2. The summed E-state index contributed by atoms with van der Waals surface area (Å²) in [4.78, 5) is 0. The number of ether oxygens (including phenoxy) is 1. The van der Waals surface area contributed by atoms with E-state index >= 15 is 0 Å². The molecule has 92 valence electrons. The summed E-state index contributed by atoms with van der Waals surface area (Å²) in [5, 5.41) is 7.55. The molecule has 0 aromatic heterocycles. The number of hydrogen-bond donors (Lipinski definition) is 2. The first-order chi connectivity index (χ1) is 8.02. The van der Waals surface area contributed by atoms with E-state index in [4.69, 9.17) is 27.5 Å². The van der Waals surface area contributed by atoms with E-state index in [1.165, 1.54) is 12.1 Å². The van der Waals surface area contributed by atoms with E-state index in [9.17, 15) is 4.39 Å². The van der Waals surface area contributed by atoms with E-state index < -0.39 is 5.82 Å². The summed E-state index contributed by atoms with van der Waals surface area (Å²) in [6.07, 6.45) is 2.41. The van der Waals surface area contributed by atoms with E-state index in [0.29, 0.717) is 13.0 Å². The lowest BCUT2D eigenvalue weighted by molar-refractivity contribution is 0.229. The van der Waals surface area contributed by atoms with Gasteiger partial charge in [0.15, 0.2) is 11.6 Å². The first-order valence-corrected chi connectivity index (χ1v) is 5.80. The summed E-state index contributed by atoms with van der Waals surface area (Å²) in [5.41, 5.74) is 5.29. The van der Waals surface area contributed by atoms with Gasteiger partial charge in [0.2, 0.25) is 0 Å². The molecule has 1 fully saturated rings. The Morgan fingerprint density at radius 3 is 2.76 bits per heavy atom. The standard InChI is InChI=1S/C12H14ClFN2O/c13-8-2-1-3-9(14)11(8)17-7-12(4-5-12)6-10(15)16/h1-3H,4-7H2,(H3,15,16). The molecule has 1 aliphatic rings. The SMILES string of the molecule is N=C(N)CC1(COc2c(F)cccc2Cl)CC1. The summed E-state index contributed by atoms with van der Waals surface area (Å²) in [7, 11) is 0. The number of rotatable bonds is 5. The third kappa shape index (κ3) is 2.88. The van der Waals surface area contributed by atoms with Gasteiger partial charge in [-0.15, -0.1) is 0 Å². The molecule has 0 atom stereocenters. The first kappa shape index (κ1) is 12.2. The van der Waals surface area contributed by atoms with Gasteiger partial charge in [-0.25, -0.2) is 4.39 Å². The maximum absolute atomic E-state index is 13.4. The smallest absolute Gasteiger partial charge is 0.173 e. The van der Waals surface area contributed by atoms with Gasteiger partial charge in [0.25, 0.3) is 0 Å². The fourth-order valence-corrected chi connectivity index (χ4v) is 2.02. The highest BCUT2D eigenvalue weighted by Crippen LogP contribution is 2.49. The molecule has 1 saturated carbocycles. The van der Waals surface area contributed by atoms with Crippen molar-refractivity contribution in [2.75, 3.05) is 6.61 Å². The minimum absolute atomic E-state index is 0.0859. The van der Waals surface area contributed by atoms with E-state index in [-0.39, 0.29) is 22.0 Å². The average molecular weight is 257 g/mol. The lowest BCUT2D eigenvalue weighted by atomic mass is 10.0. The van der Waals surface area contributed by atoms with Crippen molar-refractivity contribution in [3.8, 4) is 5.75 Å². The third-order valence-corrected chi connectivity index (χ3v) is 3.26. The van der Waals surface area contributed by atoms with Gasteiger partial charge in [0.05, 0.1) is 17.5 Å². The summed E-state index contributed by atoms with van der Waals surface area (Å²) in [6, 6.07) is 4.43. The van der Waals surface area contributed by atoms with Crippen LogP contribution in [0.4, 0.5) is 4.39 Å². The Kier molecular flexibility index (Phi) is 3.24.